The Labute approximate surface area is 324 Å². The smallest absolute Gasteiger partial charge is 0.120 e. The van der Waals surface area contributed by atoms with Gasteiger partial charge in [-0.1, -0.05) is 111 Å². The zero-order valence-corrected chi connectivity index (χ0v) is 32.6. The van der Waals surface area contributed by atoms with E-state index in [-0.39, 0.29) is 20.1 Å². The van der Waals surface area contributed by atoms with Crippen molar-refractivity contribution in [3.8, 4) is 39.5 Å². The SMILES string of the molecule is CC(C)c1cc(-c2ccccc2)cc(C(C)C)c1-n1c(-c2[c-]ccc3c2oc2ccccc23)nc2ccccc21.[Ir].[c-]1ccccc1-c1ccccn1. The molecule has 0 saturated carbocycles. The predicted octanol–water partition coefficient (Wildman–Crippen LogP) is 12.9. The van der Waals surface area contributed by atoms with Crippen molar-refractivity contribution in [2.24, 2.45) is 0 Å². The monoisotopic (exact) mass is 866 g/mol. The Morgan fingerprint density at radius 2 is 1.32 bits per heavy atom. The zero-order valence-electron chi connectivity index (χ0n) is 30.2. The van der Waals surface area contributed by atoms with Gasteiger partial charge in [0.2, 0.25) is 0 Å². The summed E-state index contributed by atoms with van der Waals surface area (Å²) in [4.78, 5) is 9.45. The predicted molar refractivity (Wildman–Crippen MR) is 215 cm³/mol. The second kappa shape index (κ2) is 15.6. The fourth-order valence-corrected chi connectivity index (χ4v) is 6.97. The maximum absolute atomic E-state index is 6.47. The molecule has 0 saturated heterocycles. The van der Waals surface area contributed by atoms with E-state index in [9.17, 15) is 0 Å². The van der Waals surface area contributed by atoms with Crippen molar-refractivity contribution in [1.82, 2.24) is 14.5 Å². The van der Waals surface area contributed by atoms with Crippen LogP contribution >= 0.6 is 0 Å². The number of imidazole rings is 1. The summed E-state index contributed by atoms with van der Waals surface area (Å²) < 4.78 is 8.83. The fraction of sp³-hybridized carbons (Fsp3) is 0.125. The van der Waals surface area contributed by atoms with Crippen molar-refractivity contribution in [1.29, 1.82) is 0 Å². The molecule has 6 aromatic carbocycles. The molecule has 0 spiro atoms. The molecular weight excluding hydrogens is 827 g/mol. The summed E-state index contributed by atoms with van der Waals surface area (Å²) in [7, 11) is 0. The van der Waals surface area contributed by atoms with Gasteiger partial charge in [0.15, 0.2) is 0 Å². The van der Waals surface area contributed by atoms with Crippen LogP contribution in [0.25, 0.3) is 72.4 Å². The van der Waals surface area contributed by atoms with Crippen molar-refractivity contribution in [3.05, 3.63) is 175 Å². The second-order valence-corrected chi connectivity index (χ2v) is 13.6. The van der Waals surface area contributed by atoms with Crippen molar-refractivity contribution < 1.29 is 24.5 Å². The maximum Gasteiger partial charge on any atom is 0.120 e. The van der Waals surface area contributed by atoms with Crippen LogP contribution in [0.5, 0.6) is 0 Å². The van der Waals surface area contributed by atoms with Crippen LogP contribution in [-0.4, -0.2) is 14.5 Å². The first-order valence-corrected chi connectivity index (χ1v) is 17.9. The van der Waals surface area contributed by atoms with E-state index in [0.29, 0.717) is 11.8 Å². The van der Waals surface area contributed by atoms with Gasteiger partial charge in [0, 0.05) is 37.4 Å². The van der Waals surface area contributed by atoms with Crippen LogP contribution in [0, 0.1) is 12.1 Å². The summed E-state index contributed by atoms with van der Waals surface area (Å²) in [5.74, 6) is 1.45. The molecule has 0 bridgehead atoms. The minimum Gasteiger partial charge on any atom is -0.501 e. The molecule has 9 rings (SSSR count). The number of nitrogens with zero attached hydrogens (tertiary/aromatic N) is 3. The summed E-state index contributed by atoms with van der Waals surface area (Å²) >= 11 is 0. The Morgan fingerprint density at radius 1 is 0.623 bits per heavy atom. The van der Waals surface area contributed by atoms with Gasteiger partial charge in [0.1, 0.15) is 5.58 Å². The molecule has 0 fully saturated rings. The first kappa shape index (κ1) is 35.8. The largest absolute Gasteiger partial charge is 0.501 e. The number of pyridine rings is 1. The van der Waals surface area contributed by atoms with E-state index in [2.05, 4.69) is 134 Å². The van der Waals surface area contributed by atoms with Gasteiger partial charge in [-0.2, -0.15) is 0 Å². The minimum absolute atomic E-state index is 0. The van der Waals surface area contributed by atoms with Gasteiger partial charge < -0.3 is 14.0 Å². The Kier molecular flexibility index (Phi) is 10.5. The van der Waals surface area contributed by atoms with E-state index in [1.165, 1.54) is 27.9 Å². The van der Waals surface area contributed by atoms with Crippen LogP contribution in [-0.2, 0) is 20.1 Å². The molecule has 3 heterocycles. The van der Waals surface area contributed by atoms with Gasteiger partial charge in [-0.05, 0) is 76.2 Å². The number of rotatable bonds is 6. The molecule has 1 radical (unpaired) electrons. The maximum atomic E-state index is 6.47. The first-order valence-electron chi connectivity index (χ1n) is 17.9. The van der Waals surface area contributed by atoms with Gasteiger partial charge in [-0.25, -0.2) is 0 Å². The molecule has 5 heteroatoms. The van der Waals surface area contributed by atoms with Gasteiger partial charge in [-0.15, -0.1) is 54.1 Å². The van der Waals surface area contributed by atoms with Crippen molar-refractivity contribution in [3.63, 3.8) is 0 Å². The molecule has 0 amide bonds. The molecule has 0 N–H and O–H groups in total. The standard InChI is InChI=1S/C37H31N2O.C11H8N.Ir/c1-23(2)30-21-26(25-13-6-5-7-14-25)22-31(24(3)4)35(30)39-33-19-10-9-18-32(33)38-37(39)29-17-12-16-28-27-15-8-11-20-34(27)40-36(28)29;1-2-6-10(7-3-1)11-8-4-5-9-12-11;/h5-16,18-24H,1-4H3;1-6,8-9H;/q2*-1;. The number of hydrogen-bond acceptors (Lipinski definition) is 3. The zero-order chi connectivity index (χ0) is 35.6. The normalized spacial score (nSPS) is 11.2. The molecular formula is C48H39IrN3O-2. The number of para-hydroxylation sites is 3. The summed E-state index contributed by atoms with van der Waals surface area (Å²) in [5.41, 5.74) is 12.9. The van der Waals surface area contributed by atoms with E-state index < -0.39 is 0 Å². The third kappa shape index (κ3) is 6.99. The summed E-state index contributed by atoms with van der Waals surface area (Å²) in [6, 6.07) is 56.5. The quantitative estimate of drug-likeness (QED) is 0.156. The van der Waals surface area contributed by atoms with Gasteiger partial charge in [0.05, 0.1) is 22.4 Å². The average Bonchev–Trinajstić information content (AvgIpc) is 3.77. The Morgan fingerprint density at radius 3 is 2.04 bits per heavy atom. The Hall–Kier alpha value is -5.61. The number of aromatic nitrogens is 3. The molecule has 0 aliphatic heterocycles. The number of furan rings is 1. The van der Waals surface area contributed by atoms with Crippen LogP contribution in [0.4, 0.5) is 0 Å². The first-order chi connectivity index (χ1) is 25.5. The van der Waals surface area contributed by atoms with E-state index >= 15 is 0 Å². The van der Waals surface area contributed by atoms with E-state index in [0.717, 1.165) is 55.6 Å². The second-order valence-electron chi connectivity index (χ2n) is 13.6. The number of hydrogen-bond donors (Lipinski definition) is 0. The van der Waals surface area contributed by atoms with Crippen LogP contribution in [0.15, 0.2) is 156 Å². The summed E-state index contributed by atoms with van der Waals surface area (Å²) in [6.07, 6.45) is 1.79. The third-order valence-electron chi connectivity index (χ3n) is 9.52. The molecule has 263 valence electrons. The van der Waals surface area contributed by atoms with Crippen molar-refractivity contribution in [2.75, 3.05) is 0 Å². The average molecular weight is 866 g/mol. The van der Waals surface area contributed by atoms with Crippen LogP contribution in [0.2, 0.25) is 0 Å². The Bertz CT molecular complexity index is 2560. The summed E-state index contributed by atoms with van der Waals surface area (Å²) in [6.45, 7) is 9.12. The molecule has 0 aliphatic rings. The molecule has 0 aliphatic carbocycles. The van der Waals surface area contributed by atoms with Crippen molar-refractivity contribution >= 4 is 33.0 Å². The van der Waals surface area contributed by atoms with Gasteiger partial charge in [0.25, 0.3) is 0 Å². The molecule has 0 atom stereocenters. The van der Waals surface area contributed by atoms with Gasteiger partial charge in [-0.3, -0.25) is 4.98 Å². The van der Waals surface area contributed by atoms with Crippen LogP contribution in [0.3, 0.4) is 0 Å². The van der Waals surface area contributed by atoms with Crippen molar-refractivity contribution in [2.45, 2.75) is 39.5 Å². The number of fused-ring (bicyclic) bond motifs is 4. The topological polar surface area (TPSA) is 43.9 Å². The van der Waals surface area contributed by atoms with E-state index in [1.807, 2.05) is 60.7 Å². The molecule has 9 aromatic rings. The Balaban J connectivity index is 0.000000284. The fourth-order valence-electron chi connectivity index (χ4n) is 6.97. The van der Waals surface area contributed by atoms with Crippen LogP contribution < -0.4 is 0 Å². The molecule has 0 unspecified atom stereocenters. The molecule has 53 heavy (non-hydrogen) atoms. The third-order valence-corrected chi connectivity index (χ3v) is 9.52. The van der Waals surface area contributed by atoms with Crippen LogP contribution in [0.1, 0.15) is 50.7 Å². The van der Waals surface area contributed by atoms with E-state index in [1.54, 1.807) is 6.20 Å². The molecule has 4 nitrogen and oxygen atoms in total. The van der Waals surface area contributed by atoms with Gasteiger partial charge >= 0.3 is 0 Å². The number of benzene rings is 6. The summed E-state index contributed by atoms with van der Waals surface area (Å²) in [5, 5.41) is 2.18. The van der Waals surface area contributed by atoms with E-state index in [4.69, 9.17) is 9.40 Å². The minimum atomic E-state index is 0. The molecule has 3 aromatic heterocycles.